The number of amides is 1. The number of aliphatic carboxylic acids is 1. The normalized spacial score (nSPS) is 10.6. The van der Waals surface area contributed by atoms with Gasteiger partial charge < -0.3 is 10.0 Å². The number of hydrogen-bond donors (Lipinski definition) is 1. The van der Waals surface area contributed by atoms with E-state index in [0.717, 1.165) is 12.8 Å². The third-order valence-corrected chi connectivity index (χ3v) is 2.94. The van der Waals surface area contributed by atoms with Crippen molar-refractivity contribution in [1.82, 2.24) is 4.90 Å². The molecule has 0 spiro atoms. The zero-order valence-electron chi connectivity index (χ0n) is 12.4. The Kier molecular flexibility index (Phi) is 6.22. The molecule has 0 aliphatic heterocycles. The molecule has 0 atom stereocenters. The molecule has 1 amide bonds. The molecule has 1 aromatic carbocycles. The summed E-state index contributed by atoms with van der Waals surface area (Å²) in [7, 11) is 0. The molecule has 0 bridgehead atoms. The van der Waals surface area contributed by atoms with Gasteiger partial charge in [0.15, 0.2) is 0 Å². The van der Waals surface area contributed by atoms with E-state index in [4.69, 9.17) is 5.11 Å². The Balaban J connectivity index is 2.84. The number of aryl methyl sites for hydroxylation is 1. The van der Waals surface area contributed by atoms with Crippen molar-refractivity contribution in [3.05, 3.63) is 35.4 Å². The Morgan fingerprint density at radius 3 is 2.25 bits per heavy atom. The first-order valence-electron chi connectivity index (χ1n) is 7.04. The summed E-state index contributed by atoms with van der Waals surface area (Å²) in [5.74, 6) is -0.969. The minimum atomic E-state index is -0.985. The van der Waals surface area contributed by atoms with Crippen LogP contribution in [-0.2, 0) is 11.2 Å². The molecule has 1 rings (SSSR count). The highest BCUT2D eigenvalue weighted by Gasteiger charge is 2.19. The molecule has 0 aliphatic rings. The Labute approximate surface area is 120 Å². The van der Waals surface area contributed by atoms with Gasteiger partial charge in [0.1, 0.15) is 6.54 Å². The standard InChI is InChI=1S/C16H23NO3/c1-4-5-13-6-8-14(9-7-13)16(20)17(10-12(2)3)11-15(18)19/h6-9,12H,4-5,10-11H2,1-3H3,(H,18,19). The summed E-state index contributed by atoms with van der Waals surface area (Å²) in [5, 5.41) is 8.91. The maximum Gasteiger partial charge on any atom is 0.323 e. The number of nitrogens with zero attached hydrogens (tertiary/aromatic N) is 1. The molecule has 0 unspecified atom stereocenters. The molecule has 1 aromatic rings. The third-order valence-electron chi connectivity index (χ3n) is 2.94. The van der Waals surface area contributed by atoms with Crippen LogP contribution in [0.1, 0.15) is 43.1 Å². The molecular weight excluding hydrogens is 254 g/mol. The average Bonchev–Trinajstić information content (AvgIpc) is 2.37. The first-order chi connectivity index (χ1) is 9.43. The van der Waals surface area contributed by atoms with Gasteiger partial charge in [-0.1, -0.05) is 39.3 Å². The molecule has 0 fully saturated rings. The molecule has 110 valence electrons. The van der Waals surface area contributed by atoms with Crippen molar-refractivity contribution in [3.63, 3.8) is 0 Å². The van der Waals surface area contributed by atoms with Gasteiger partial charge in [0.05, 0.1) is 0 Å². The molecule has 0 saturated heterocycles. The van der Waals surface area contributed by atoms with Crippen molar-refractivity contribution >= 4 is 11.9 Å². The summed E-state index contributed by atoms with van der Waals surface area (Å²) >= 11 is 0. The summed E-state index contributed by atoms with van der Waals surface area (Å²) in [4.78, 5) is 24.6. The average molecular weight is 277 g/mol. The van der Waals surface area contributed by atoms with E-state index in [2.05, 4.69) is 6.92 Å². The molecule has 4 heteroatoms. The summed E-state index contributed by atoms with van der Waals surface area (Å²) in [6.07, 6.45) is 2.05. The molecule has 0 aliphatic carbocycles. The molecule has 1 N–H and O–H groups in total. The topological polar surface area (TPSA) is 57.6 Å². The molecule has 0 radical (unpaired) electrons. The second-order valence-electron chi connectivity index (χ2n) is 5.42. The lowest BCUT2D eigenvalue weighted by Crippen LogP contribution is -2.38. The lowest BCUT2D eigenvalue weighted by molar-refractivity contribution is -0.137. The van der Waals surface area contributed by atoms with Crippen molar-refractivity contribution in [2.75, 3.05) is 13.1 Å². The number of rotatable bonds is 7. The second-order valence-corrected chi connectivity index (χ2v) is 5.42. The zero-order chi connectivity index (χ0) is 15.1. The van der Waals surface area contributed by atoms with E-state index in [9.17, 15) is 9.59 Å². The predicted molar refractivity (Wildman–Crippen MR) is 78.8 cm³/mol. The molecular formula is C16H23NO3. The van der Waals surface area contributed by atoms with Gasteiger partial charge in [0, 0.05) is 12.1 Å². The van der Waals surface area contributed by atoms with E-state index in [-0.39, 0.29) is 18.4 Å². The van der Waals surface area contributed by atoms with Crippen molar-refractivity contribution in [2.24, 2.45) is 5.92 Å². The first-order valence-corrected chi connectivity index (χ1v) is 7.04. The lowest BCUT2D eigenvalue weighted by Gasteiger charge is -2.22. The second kappa shape index (κ2) is 7.68. The van der Waals surface area contributed by atoms with E-state index in [1.807, 2.05) is 26.0 Å². The van der Waals surface area contributed by atoms with Gasteiger partial charge in [-0.2, -0.15) is 0 Å². The fourth-order valence-corrected chi connectivity index (χ4v) is 2.11. The molecule has 0 aromatic heterocycles. The first kappa shape index (κ1) is 16.2. The van der Waals surface area contributed by atoms with E-state index >= 15 is 0 Å². The number of carbonyl (C=O) groups is 2. The van der Waals surface area contributed by atoms with Gasteiger partial charge in [0.25, 0.3) is 5.91 Å². The molecule has 0 heterocycles. The fraction of sp³-hybridized carbons (Fsp3) is 0.500. The van der Waals surface area contributed by atoms with Crippen LogP contribution in [0.3, 0.4) is 0 Å². The van der Waals surface area contributed by atoms with Crippen LogP contribution in [0.4, 0.5) is 0 Å². The van der Waals surface area contributed by atoms with Crippen LogP contribution in [0.25, 0.3) is 0 Å². The van der Waals surface area contributed by atoms with Crippen LogP contribution in [-0.4, -0.2) is 35.0 Å². The largest absolute Gasteiger partial charge is 0.480 e. The lowest BCUT2D eigenvalue weighted by atomic mass is 10.1. The van der Waals surface area contributed by atoms with Crippen LogP contribution in [0, 0.1) is 5.92 Å². The number of carboxylic acids is 1. The van der Waals surface area contributed by atoms with E-state index in [1.54, 1.807) is 12.1 Å². The number of carboxylic acid groups (broad SMARTS) is 1. The van der Waals surface area contributed by atoms with Crippen LogP contribution in [0.15, 0.2) is 24.3 Å². The van der Waals surface area contributed by atoms with Gasteiger partial charge in [0.2, 0.25) is 0 Å². The molecule has 4 nitrogen and oxygen atoms in total. The van der Waals surface area contributed by atoms with Crippen LogP contribution >= 0.6 is 0 Å². The maximum absolute atomic E-state index is 12.3. The van der Waals surface area contributed by atoms with Crippen molar-refractivity contribution < 1.29 is 14.7 Å². The van der Waals surface area contributed by atoms with E-state index in [1.165, 1.54) is 10.5 Å². The number of benzene rings is 1. The third kappa shape index (κ3) is 5.03. The van der Waals surface area contributed by atoms with Crippen molar-refractivity contribution in [2.45, 2.75) is 33.6 Å². The Bertz CT molecular complexity index is 451. The zero-order valence-corrected chi connectivity index (χ0v) is 12.4. The van der Waals surface area contributed by atoms with Crippen LogP contribution in [0.2, 0.25) is 0 Å². The maximum atomic E-state index is 12.3. The quantitative estimate of drug-likeness (QED) is 0.833. The van der Waals surface area contributed by atoms with Gasteiger partial charge in [-0.15, -0.1) is 0 Å². The smallest absolute Gasteiger partial charge is 0.323 e. The van der Waals surface area contributed by atoms with Crippen LogP contribution < -0.4 is 0 Å². The van der Waals surface area contributed by atoms with Gasteiger partial charge in [-0.3, -0.25) is 9.59 Å². The van der Waals surface area contributed by atoms with Gasteiger partial charge in [-0.05, 0) is 30.0 Å². The summed E-state index contributed by atoms with van der Waals surface area (Å²) in [6, 6.07) is 7.43. The number of hydrogen-bond acceptors (Lipinski definition) is 2. The highest BCUT2D eigenvalue weighted by Crippen LogP contribution is 2.11. The van der Waals surface area contributed by atoms with Crippen LogP contribution in [0.5, 0.6) is 0 Å². The SMILES string of the molecule is CCCc1ccc(C(=O)N(CC(=O)O)CC(C)C)cc1. The fourth-order valence-electron chi connectivity index (χ4n) is 2.11. The highest BCUT2D eigenvalue weighted by molar-refractivity contribution is 5.95. The monoisotopic (exact) mass is 277 g/mol. The predicted octanol–water partition coefficient (Wildman–Crippen LogP) is 2.82. The summed E-state index contributed by atoms with van der Waals surface area (Å²) in [6.45, 7) is 6.23. The molecule has 0 saturated carbocycles. The summed E-state index contributed by atoms with van der Waals surface area (Å²) in [5.41, 5.74) is 1.74. The van der Waals surface area contributed by atoms with Crippen molar-refractivity contribution in [3.8, 4) is 0 Å². The van der Waals surface area contributed by atoms with Gasteiger partial charge >= 0.3 is 5.97 Å². The highest BCUT2D eigenvalue weighted by atomic mass is 16.4. The minimum absolute atomic E-state index is 0.218. The van der Waals surface area contributed by atoms with E-state index in [0.29, 0.717) is 12.1 Å². The van der Waals surface area contributed by atoms with Crippen molar-refractivity contribution in [1.29, 1.82) is 0 Å². The number of carbonyl (C=O) groups excluding carboxylic acids is 1. The Hall–Kier alpha value is -1.84. The summed E-state index contributed by atoms with van der Waals surface area (Å²) < 4.78 is 0. The Morgan fingerprint density at radius 1 is 1.20 bits per heavy atom. The Morgan fingerprint density at radius 2 is 1.80 bits per heavy atom. The van der Waals surface area contributed by atoms with E-state index < -0.39 is 5.97 Å². The molecule has 20 heavy (non-hydrogen) atoms. The minimum Gasteiger partial charge on any atom is -0.480 e. The van der Waals surface area contributed by atoms with Gasteiger partial charge in [-0.25, -0.2) is 0 Å².